The van der Waals surface area contributed by atoms with Crippen LogP contribution in [0.3, 0.4) is 0 Å². The smallest absolute Gasteiger partial charge is 0.272 e. The number of carbonyl (C=O) groups is 1. The predicted molar refractivity (Wildman–Crippen MR) is 121 cm³/mol. The number of methoxy groups -OCH3 is 2. The number of rotatable bonds is 7. The Balaban J connectivity index is 1.85. The maximum absolute atomic E-state index is 13.0. The van der Waals surface area contributed by atoms with Gasteiger partial charge in [-0.05, 0) is 43.9 Å². The maximum atomic E-state index is 13.0. The molecule has 1 N–H and O–H groups in total. The van der Waals surface area contributed by atoms with E-state index < -0.39 is 0 Å². The zero-order valence-electron chi connectivity index (χ0n) is 18.0. The lowest BCUT2D eigenvalue weighted by Gasteiger charge is -2.13. The van der Waals surface area contributed by atoms with E-state index in [1.807, 2.05) is 55.4 Å². The van der Waals surface area contributed by atoms with Gasteiger partial charge in [0.05, 0.1) is 30.6 Å². The molecule has 0 fully saturated rings. The molecule has 0 spiro atoms. The van der Waals surface area contributed by atoms with Crippen LogP contribution < -0.4 is 14.8 Å². The Morgan fingerprint density at radius 3 is 2.58 bits per heavy atom. The molecule has 162 valence electrons. The molecule has 8 heteroatoms. The normalized spacial score (nSPS) is 11.9. The van der Waals surface area contributed by atoms with Crippen molar-refractivity contribution < 1.29 is 14.3 Å². The summed E-state index contributed by atoms with van der Waals surface area (Å²) in [6.07, 6.45) is 0.575. The molecule has 0 atom stereocenters. The summed E-state index contributed by atoms with van der Waals surface area (Å²) < 4.78 is 12.7. The second-order valence-corrected chi connectivity index (χ2v) is 8.05. The number of nitrogens with one attached hydrogen (secondary N) is 1. The minimum absolute atomic E-state index is 0.198. The van der Waals surface area contributed by atoms with Gasteiger partial charge in [0.15, 0.2) is 17.2 Å². The van der Waals surface area contributed by atoms with Crippen molar-refractivity contribution in [2.24, 2.45) is 0 Å². The molecule has 1 amide bonds. The van der Waals surface area contributed by atoms with E-state index in [4.69, 9.17) is 26.2 Å². The highest BCUT2D eigenvalue weighted by atomic mass is 35.5. The van der Waals surface area contributed by atoms with Crippen LogP contribution in [-0.4, -0.2) is 62.0 Å². The number of hydrogen-bond donors (Lipinski definition) is 1. The molecule has 1 aliphatic carbocycles. The van der Waals surface area contributed by atoms with Crippen LogP contribution in [0.5, 0.6) is 11.5 Å². The largest absolute Gasteiger partial charge is 0.493 e. The van der Waals surface area contributed by atoms with Crippen LogP contribution >= 0.6 is 11.6 Å². The van der Waals surface area contributed by atoms with E-state index in [1.165, 1.54) is 0 Å². The zero-order valence-corrected chi connectivity index (χ0v) is 18.8. The third kappa shape index (κ3) is 3.86. The lowest BCUT2D eigenvalue weighted by Crippen LogP contribution is -2.32. The number of fused-ring (bicyclic) bond motifs is 3. The fourth-order valence-electron chi connectivity index (χ4n) is 3.83. The number of likely N-dealkylation sites (N-methyl/N-ethyl adjacent to an activating group) is 1. The molecule has 0 saturated heterocycles. The van der Waals surface area contributed by atoms with Gasteiger partial charge >= 0.3 is 0 Å². The van der Waals surface area contributed by atoms with Gasteiger partial charge in [0.2, 0.25) is 0 Å². The Labute approximate surface area is 186 Å². The number of halogens is 1. The van der Waals surface area contributed by atoms with Crippen molar-refractivity contribution in [1.29, 1.82) is 0 Å². The lowest BCUT2D eigenvalue weighted by molar-refractivity contribution is 0.0945. The summed E-state index contributed by atoms with van der Waals surface area (Å²) in [5, 5.41) is 8.22. The summed E-state index contributed by atoms with van der Waals surface area (Å²) in [5.41, 5.74) is 4.84. The highest BCUT2D eigenvalue weighted by molar-refractivity contribution is 6.32. The first-order valence-electron chi connectivity index (χ1n) is 9.99. The van der Waals surface area contributed by atoms with E-state index in [0.717, 1.165) is 34.6 Å². The average molecular weight is 441 g/mol. The van der Waals surface area contributed by atoms with E-state index in [0.29, 0.717) is 35.2 Å². The lowest BCUT2D eigenvalue weighted by atomic mass is 10.1. The Morgan fingerprint density at radius 1 is 1.19 bits per heavy atom. The number of nitrogens with zero attached hydrogens (tertiary/aromatic N) is 3. The third-order valence-electron chi connectivity index (χ3n) is 5.36. The molecule has 0 unspecified atom stereocenters. The summed E-state index contributed by atoms with van der Waals surface area (Å²) in [6.45, 7) is 1.28. The SMILES string of the molecule is COc1cc2c(cc1OC)-c1c(c(C(=O)NCCN(C)C)nn1-c1ccccc1Cl)C2. The number of hydrogen-bond acceptors (Lipinski definition) is 5. The zero-order chi connectivity index (χ0) is 22.1. The first kappa shape index (κ1) is 21.2. The highest BCUT2D eigenvalue weighted by Crippen LogP contribution is 2.45. The van der Waals surface area contributed by atoms with Crippen LogP contribution in [0.15, 0.2) is 36.4 Å². The first-order chi connectivity index (χ1) is 14.9. The Hall–Kier alpha value is -3.03. The number of para-hydroxylation sites is 1. The fourth-order valence-corrected chi connectivity index (χ4v) is 4.05. The number of carbonyl (C=O) groups excluding carboxylic acids is 1. The molecule has 0 aliphatic heterocycles. The number of ether oxygens (including phenoxy) is 2. The number of amides is 1. The van der Waals surface area contributed by atoms with Crippen molar-refractivity contribution in [3.63, 3.8) is 0 Å². The van der Waals surface area contributed by atoms with Gasteiger partial charge in [-0.25, -0.2) is 4.68 Å². The third-order valence-corrected chi connectivity index (χ3v) is 5.68. The molecule has 4 rings (SSSR count). The minimum atomic E-state index is -0.198. The second-order valence-electron chi connectivity index (χ2n) is 7.64. The summed E-state index contributed by atoms with van der Waals surface area (Å²) in [7, 11) is 7.15. The molecule has 0 radical (unpaired) electrons. The van der Waals surface area contributed by atoms with Gasteiger partial charge in [-0.15, -0.1) is 0 Å². The Morgan fingerprint density at radius 2 is 1.90 bits per heavy atom. The summed E-state index contributed by atoms with van der Waals surface area (Å²) in [5.74, 6) is 1.08. The molecule has 1 heterocycles. The molecule has 1 aromatic heterocycles. The van der Waals surface area contributed by atoms with Gasteiger partial charge < -0.3 is 19.7 Å². The second kappa shape index (κ2) is 8.61. The van der Waals surface area contributed by atoms with E-state index in [2.05, 4.69) is 5.32 Å². The summed E-state index contributed by atoms with van der Waals surface area (Å²) in [6, 6.07) is 11.4. The van der Waals surface area contributed by atoms with Crippen LogP contribution in [0, 0.1) is 0 Å². The first-order valence-corrected chi connectivity index (χ1v) is 10.4. The van der Waals surface area contributed by atoms with Crippen LogP contribution in [0.4, 0.5) is 0 Å². The summed E-state index contributed by atoms with van der Waals surface area (Å²) >= 11 is 6.49. The van der Waals surface area contributed by atoms with Crippen molar-refractivity contribution >= 4 is 17.5 Å². The molecule has 0 bridgehead atoms. The molecule has 7 nitrogen and oxygen atoms in total. The minimum Gasteiger partial charge on any atom is -0.493 e. The van der Waals surface area contributed by atoms with Crippen LogP contribution in [0.1, 0.15) is 21.6 Å². The van der Waals surface area contributed by atoms with E-state index in [1.54, 1.807) is 18.9 Å². The van der Waals surface area contributed by atoms with Gasteiger partial charge in [-0.1, -0.05) is 23.7 Å². The molecule has 2 aromatic carbocycles. The monoisotopic (exact) mass is 440 g/mol. The van der Waals surface area contributed by atoms with Crippen molar-refractivity contribution in [2.75, 3.05) is 41.4 Å². The van der Waals surface area contributed by atoms with E-state index >= 15 is 0 Å². The molecule has 1 aliphatic rings. The topological polar surface area (TPSA) is 68.6 Å². The molecule has 3 aromatic rings. The Kier molecular flexibility index (Phi) is 5.89. The van der Waals surface area contributed by atoms with Gasteiger partial charge in [0.25, 0.3) is 5.91 Å². The average Bonchev–Trinajstić information content (AvgIpc) is 3.29. The van der Waals surface area contributed by atoms with E-state index in [-0.39, 0.29) is 5.91 Å². The van der Waals surface area contributed by atoms with Crippen molar-refractivity contribution in [2.45, 2.75) is 6.42 Å². The molecular weight excluding hydrogens is 416 g/mol. The number of aromatic nitrogens is 2. The highest BCUT2D eigenvalue weighted by Gasteiger charge is 2.32. The van der Waals surface area contributed by atoms with Gasteiger partial charge in [-0.2, -0.15) is 5.10 Å². The van der Waals surface area contributed by atoms with Crippen molar-refractivity contribution in [3.05, 3.63) is 58.2 Å². The molecule has 0 saturated carbocycles. The number of benzene rings is 2. The quantitative estimate of drug-likeness (QED) is 0.477. The standard InChI is InChI=1S/C23H25ClN4O3/c1-27(2)10-9-25-23(29)21-16-11-14-12-19(30-3)20(31-4)13-15(14)22(16)28(26-21)18-8-6-5-7-17(18)24/h5-8,12-13H,9-11H2,1-4H3,(H,25,29). The maximum Gasteiger partial charge on any atom is 0.272 e. The molecule has 31 heavy (non-hydrogen) atoms. The van der Waals surface area contributed by atoms with Gasteiger partial charge in [0.1, 0.15) is 0 Å². The molecular formula is C23H25ClN4O3. The Bertz CT molecular complexity index is 1140. The van der Waals surface area contributed by atoms with Gasteiger partial charge in [-0.3, -0.25) is 4.79 Å². The van der Waals surface area contributed by atoms with Crippen LogP contribution in [0.2, 0.25) is 5.02 Å². The summed E-state index contributed by atoms with van der Waals surface area (Å²) in [4.78, 5) is 15.0. The van der Waals surface area contributed by atoms with Gasteiger partial charge in [0, 0.05) is 30.6 Å². The van der Waals surface area contributed by atoms with Crippen LogP contribution in [-0.2, 0) is 6.42 Å². The van der Waals surface area contributed by atoms with Crippen molar-refractivity contribution in [3.8, 4) is 28.4 Å². The van der Waals surface area contributed by atoms with Crippen LogP contribution in [0.25, 0.3) is 16.9 Å². The fraction of sp³-hybridized carbons (Fsp3) is 0.304. The van der Waals surface area contributed by atoms with E-state index in [9.17, 15) is 4.79 Å². The van der Waals surface area contributed by atoms with Crippen molar-refractivity contribution in [1.82, 2.24) is 20.0 Å². The predicted octanol–water partition coefficient (Wildman–Crippen LogP) is 3.41.